The van der Waals surface area contributed by atoms with Crippen LogP contribution in [0.4, 0.5) is 0 Å². The summed E-state index contributed by atoms with van der Waals surface area (Å²) in [6, 6.07) is 0. The van der Waals surface area contributed by atoms with E-state index < -0.39 is 11.4 Å². The average molecular weight is 227 g/mol. The fourth-order valence-electron chi connectivity index (χ4n) is 2.08. The van der Waals surface area contributed by atoms with Crippen molar-refractivity contribution in [3.05, 3.63) is 0 Å². The highest BCUT2D eigenvalue weighted by atomic mass is 16.5. The van der Waals surface area contributed by atoms with Gasteiger partial charge in [0, 0.05) is 13.2 Å². The molecular weight excluding hydrogens is 210 g/mol. The molecule has 1 amide bonds. The summed E-state index contributed by atoms with van der Waals surface area (Å²) in [5.74, 6) is -0.995. The van der Waals surface area contributed by atoms with Gasteiger partial charge in [-0.3, -0.25) is 9.59 Å². The van der Waals surface area contributed by atoms with Crippen LogP contribution in [0.15, 0.2) is 0 Å². The summed E-state index contributed by atoms with van der Waals surface area (Å²) in [5, 5.41) is 11.7. The van der Waals surface area contributed by atoms with E-state index >= 15 is 0 Å². The van der Waals surface area contributed by atoms with E-state index in [1.54, 1.807) is 0 Å². The van der Waals surface area contributed by atoms with Gasteiger partial charge in [0.1, 0.15) is 0 Å². The number of hydrogen-bond acceptors (Lipinski definition) is 3. The Morgan fingerprint density at radius 1 is 1.50 bits per heavy atom. The number of carboxylic acid groups (broad SMARTS) is 1. The maximum Gasteiger partial charge on any atom is 0.311 e. The number of carbonyl (C=O) groups excluding carboxylic acids is 1. The Hall–Kier alpha value is -1.10. The molecule has 0 bridgehead atoms. The van der Waals surface area contributed by atoms with Crippen LogP contribution in [-0.2, 0) is 14.3 Å². The van der Waals surface area contributed by atoms with Crippen molar-refractivity contribution in [3.63, 3.8) is 0 Å². The summed E-state index contributed by atoms with van der Waals surface area (Å²) in [5.41, 5.74) is -0.682. The first-order valence-electron chi connectivity index (χ1n) is 5.68. The van der Waals surface area contributed by atoms with Gasteiger partial charge in [0.05, 0.1) is 17.4 Å². The maximum absolute atomic E-state index is 11.8. The molecule has 16 heavy (non-hydrogen) atoms. The molecule has 1 saturated heterocycles. The van der Waals surface area contributed by atoms with Gasteiger partial charge in [0.25, 0.3) is 0 Å². The van der Waals surface area contributed by atoms with Crippen LogP contribution in [0.1, 0.15) is 26.2 Å². The topological polar surface area (TPSA) is 75.6 Å². The van der Waals surface area contributed by atoms with E-state index in [0.29, 0.717) is 19.4 Å². The fourth-order valence-corrected chi connectivity index (χ4v) is 2.08. The number of aliphatic carboxylic acids is 1. The lowest BCUT2D eigenvalue weighted by molar-refractivity contribution is -0.143. The third-order valence-electron chi connectivity index (χ3n) is 3.62. The van der Waals surface area contributed by atoms with Gasteiger partial charge in [-0.25, -0.2) is 0 Å². The Balaban J connectivity index is 1.82. The van der Waals surface area contributed by atoms with Crippen LogP contribution >= 0.6 is 0 Å². The predicted octanol–water partition coefficient (Wildman–Crippen LogP) is 0.392. The Morgan fingerprint density at radius 2 is 2.19 bits per heavy atom. The summed E-state index contributed by atoms with van der Waals surface area (Å²) in [7, 11) is 0. The quantitative estimate of drug-likeness (QED) is 0.728. The Morgan fingerprint density at radius 3 is 2.62 bits per heavy atom. The van der Waals surface area contributed by atoms with E-state index in [0.717, 1.165) is 6.42 Å². The lowest BCUT2D eigenvalue weighted by Crippen LogP contribution is -2.39. The first-order valence-corrected chi connectivity index (χ1v) is 5.68. The van der Waals surface area contributed by atoms with E-state index in [1.165, 1.54) is 0 Å². The highest BCUT2D eigenvalue weighted by Gasteiger charge is 2.50. The Bertz CT molecular complexity index is 311. The number of carbonyl (C=O) groups is 2. The van der Waals surface area contributed by atoms with Crippen LogP contribution in [0.2, 0.25) is 0 Å². The van der Waals surface area contributed by atoms with Gasteiger partial charge in [-0.1, -0.05) is 0 Å². The Labute approximate surface area is 94.2 Å². The van der Waals surface area contributed by atoms with Crippen molar-refractivity contribution < 1.29 is 19.4 Å². The van der Waals surface area contributed by atoms with Gasteiger partial charge < -0.3 is 15.2 Å². The van der Waals surface area contributed by atoms with Crippen LogP contribution in [0.3, 0.4) is 0 Å². The summed E-state index contributed by atoms with van der Waals surface area (Å²) in [4.78, 5) is 22.7. The van der Waals surface area contributed by atoms with Gasteiger partial charge in [-0.15, -0.1) is 0 Å². The molecule has 0 spiro atoms. The largest absolute Gasteiger partial charge is 0.481 e. The molecule has 1 saturated carbocycles. The van der Waals surface area contributed by atoms with Crippen LogP contribution in [0.5, 0.6) is 0 Å². The molecule has 90 valence electrons. The number of rotatable bonds is 4. The first kappa shape index (κ1) is 11.4. The zero-order valence-corrected chi connectivity index (χ0v) is 9.36. The van der Waals surface area contributed by atoms with Gasteiger partial charge in [-0.2, -0.15) is 0 Å². The van der Waals surface area contributed by atoms with Gasteiger partial charge in [-0.05, 0) is 26.2 Å². The highest BCUT2D eigenvalue weighted by molar-refractivity contribution is 5.82. The summed E-state index contributed by atoms with van der Waals surface area (Å²) >= 11 is 0. The molecule has 0 radical (unpaired) electrons. The van der Waals surface area contributed by atoms with Crippen molar-refractivity contribution in [1.29, 1.82) is 0 Å². The second kappa shape index (κ2) is 4.05. The van der Waals surface area contributed by atoms with Gasteiger partial charge in [0.15, 0.2) is 0 Å². The van der Waals surface area contributed by atoms with Crippen LogP contribution < -0.4 is 5.32 Å². The number of carboxylic acids is 1. The third kappa shape index (κ3) is 2.04. The van der Waals surface area contributed by atoms with E-state index in [-0.39, 0.29) is 24.5 Å². The normalized spacial score (nSPS) is 31.1. The molecule has 1 heterocycles. The summed E-state index contributed by atoms with van der Waals surface area (Å²) < 4.78 is 5.30. The number of nitrogens with one attached hydrogen (secondary N) is 1. The van der Waals surface area contributed by atoms with E-state index in [2.05, 4.69) is 5.32 Å². The molecule has 0 aromatic heterocycles. The van der Waals surface area contributed by atoms with E-state index in [9.17, 15) is 9.59 Å². The molecule has 2 N–H and O–H groups in total. The highest BCUT2D eigenvalue weighted by Crippen LogP contribution is 2.45. The van der Waals surface area contributed by atoms with Crippen molar-refractivity contribution in [3.8, 4) is 0 Å². The maximum atomic E-state index is 11.8. The number of hydrogen-bond donors (Lipinski definition) is 2. The minimum Gasteiger partial charge on any atom is -0.481 e. The summed E-state index contributed by atoms with van der Waals surface area (Å²) in [6.07, 6.45) is 2.01. The first-order chi connectivity index (χ1) is 7.55. The SMILES string of the molecule is CC1OCCC1C(=O)NCC1(C(=O)O)CC1. The van der Waals surface area contributed by atoms with Gasteiger partial charge in [0.2, 0.25) is 5.91 Å². The molecule has 0 aromatic carbocycles. The van der Waals surface area contributed by atoms with Crippen LogP contribution in [0.25, 0.3) is 0 Å². The lowest BCUT2D eigenvalue weighted by atomic mass is 10.0. The minimum atomic E-state index is -0.802. The molecule has 2 aliphatic rings. The molecule has 1 aliphatic heterocycles. The van der Waals surface area contributed by atoms with Crippen molar-refractivity contribution in [2.24, 2.45) is 11.3 Å². The molecule has 2 unspecified atom stereocenters. The van der Waals surface area contributed by atoms with E-state index in [4.69, 9.17) is 9.84 Å². The second-order valence-corrected chi connectivity index (χ2v) is 4.77. The minimum absolute atomic E-state index is 0.0556. The van der Waals surface area contributed by atoms with Crippen molar-refractivity contribution in [1.82, 2.24) is 5.32 Å². The third-order valence-corrected chi connectivity index (χ3v) is 3.62. The molecule has 5 nitrogen and oxygen atoms in total. The standard InChI is InChI=1S/C11H17NO4/c1-7-8(2-5-16-7)9(13)12-6-11(3-4-11)10(14)15/h7-8H,2-6H2,1H3,(H,12,13)(H,14,15). The molecule has 2 fully saturated rings. The predicted molar refractivity (Wildman–Crippen MR) is 55.8 cm³/mol. The van der Waals surface area contributed by atoms with Crippen LogP contribution in [-0.4, -0.2) is 36.2 Å². The lowest BCUT2D eigenvalue weighted by Gasteiger charge is -2.16. The van der Waals surface area contributed by atoms with Crippen molar-refractivity contribution in [2.45, 2.75) is 32.3 Å². The average Bonchev–Trinajstić information content (AvgIpc) is 2.92. The zero-order valence-electron chi connectivity index (χ0n) is 9.36. The van der Waals surface area contributed by atoms with Crippen molar-refractivity contribution >= 4 is 11.9 Å². The number of ether oxygens (including phenoxy) is 1. The Kier molecular flexibility index (Phi) is 2.88. The molecule has 2 rings (SSSR count). The smallest absolute Gasteiger partial charge is 0.311 e. The van der Waals surface area contributed by atoms with E-state index in [1.807, 2.05) is 6.92 Å². The van der Waals surface area contributed by atoms with Crippen LogP contribution in [0, 0.1) is 11.3 Å². The zero-order chi connectivity index (χ0) is 11.8. The molecule has 5 heteroatoms. The molecule has 2 atom stereocenters. The van der Waals surface area contributed by atoms with Gasteiger partial charge >= 0.3 is 5.97 Å². The fraction of sp³-hybridized carbons (Fsp3) is 0.818. The second-order valence-electron chi connectivity index (χ2n) is 4.77. The molecular formula is C11H17NO4. The van der Waals surface area contributed by atoms with Crippen molar-refractivity contribution in [2.75, 3.05) is 13.2 Å². The number of amides is 1. The summed E-state index contributed by atoms with van der Waals surface area (Å²) in [6.45, 7) is 2.75. The molecule has 0 aromatic rings. The molecule has 1 aliphatic carbocycles. The monoisotopic (exact) mass is 227 g/mol.